The zero-order valence-electron chi connectivity index (χ0n) is 9.98. The van der Waals surface area contributed by atoms with E-state index in [4.69, 9.17) is 5.73 Å². The van der Waals surface area contributed by atoms with Crippen molar-refractivity contribution in [1.29, 1.82) is 0 Å². The number of hydrogen-bond acceptors (Lipinski definition) is 2. The van der Waals surface area contributed by atoms with E-state index in [2.05, 4.69) is 0 Å². The van der Waals surface area contributed by atoms with Crippen LogP contribution in [0.2, 0.25) is 0 Å². The molecule has 1 saturated carbocycles. The molecule has 0 aromatic heterocycles. The first-order valence-corrected chi connectivity index (χ1v) is 6.37. The zero-order chi connectivity index (χ0) is 12.3. The van der Waals surface area contributed by atoms with Crippen molar-refractivity contribution in [1.82, 2.24) is 0 Å². The summed E-state index contributed by atoms with van der Waals surface area (Å²) in [6.07, 6.45) is 5.21. The van der Waals surface area contributed by atoms with Gasteiger partial charge in [0.2, 0.25) is 0 Å². The van der Waals surface area contributed by atoms with Gasteiger partial charge in [0.25, 0.3) is 0 Å². The highest BCUT2D eigenvalue weighted by Gasteiger charge is 2.27. The highest BCUT2D eigenvalue weighted by molar-refractivity contribution is 5.20. The first kappa shape index (κ1) is 12.5. The normalized spacial score (nSPS) is 21.1. The van der Waals surface area contributed by atoms with Gasteiger partial charge < -0.3 is 10.8 Å². The average molecular weight is 237 g/mol. The maximum absolute atomic E-state index is 12.8. The molecule has 1 fully saturated rings. The summed E-state index contributed by atoms with van der Waals surface area (Å²) in [5.41, 5.74) is 6.86. The van der Waals surface area contributed by atoms with Crippen molar-refractivity contribution in [3.8, 4) is 0 Å². The van der Waals surface area contributed by atoms with Gasteiger partial charge in [-0.15, -0.1) is 0 Å². The van der Waals surface area contributed by atoms with Gasteiger partial charge in [-0.3, -0.25) is 0 Å². The molecule has 0 spiro atoms. The SMILES string of the molecule is N[C@@H](c1ccc(F)cc1)[C@H](O)C1CCCCC1. The maximum Gasteiger partial charge on any atom is 0.123 e. The molecule has 0 saturated heterocycles. The Kier molecular flexibility index (Phi) is 4.13. The minimum Gasteiger partial charge on any atom is -0.391 e. The van der Waals surface area contributed by atoms with E-state index in [-0.39, 0.29) is 5.82 Å². The van der Waals surface area contributed by atoms with Crippen LogP contribution in [0.3, 0.4) is 0 Å². The molecule has 2 atom stereocenters. The van der Waals surface area contributed by atoms with E-state index in [1.807, 2.05) is 0 Å². The molecule has 3 heteroatoms. The number of halogens is 1. The molecule has 1 aliphatic rings. The van der Waals surface area contributed by atoms with E-state index in [1.165, 1.54) is 31.4 Å². The first-order chi connectivity index (χ1) is 8.18. The molecule has 2 nitrogen and oxygen atoms in total. The summed E-state index contributed by atoms with van der Waals surface area (Å²) in [6, 6.07) is 5.70. The molecule has 1 aromatic carbocycles. The van der Waals surface area contributed by atoms with Crippen molar-refractivity contribution in [2.45, 2.75) is 44.2 Å². The summed E-state index contributed by atoms with van der Waals surface area (Å²) in [7, 11) is 0. The molecule has 1 aliphatic carbocycles. The molecule has 0 radical (unpaired) electrons. The Hall–Kier alpha value is -0.930. The van der Waals surface area contributed by atoms with Crippen molar-refractivity contribution in [3.63, 3.8) is 0 Å². The average Bonchev–Trinajstić information content (AvgIpc) is 2.39. The lowest BCUT2D eigenvalue weighted by atomic mass is 9.81. The van der Waals surface area contributed by atoms with E-state index < -0.39 is 12.1 Å². The van der Waals surface area contributed by atoms with Crippen LogP contribution in [-0.2, 0) is 0 Å². The highest BCUT2D eigenvalue weighted by atomic mass is 19.1. The molecular weight excluding hydrogens is 217 g/mol. The number of nitrogens with two attached hydrogens (primary N) is 1. The Balaban J connectivity index is 2.02. The zero-order valence-corrected chi connectivity index (χ0v) is 9.98. The van der Waals surface area contributed by atoms with Crippen LogP contribution in [0.15, 0.2) is 24.3 Å². The number of rotatable bonds is 3. The fourth-order valence-electron chi connectivity index (χ4n) is 2.65. The Morgan fingerprint density at radius 2 is 1.71 bits per heavy atom. The predicted octanol–water partition coefficient (Wildman–Crippen LogP) is 2.77. The third-order valence-electron chi connectivity index (χ3n) is 3.76. The van der Waals surface area contributed by atoms with Crippen LogP contribution in [0, 0.1) is 11.7 Å². The monoisotopic (exact) mass is 237 g/mol. The van der Waals surface area contributed by atoms with Crippen molar-refractivity contribution in [2.24, 2.45) is 11.7 Å². The topological polar surface area (TPSA) is 46.2 Å². The summed E-state index contributed by atoms with van der Waals surface area (Å²) in [4.78, 5) is 0. The molecule has 17 heavy (non-hydrogen) atoms. The lowest BCUT2D eigenvalue weighted by Crippen LogP contribution is -2.34. The van der Waals surface area contributed by atoms with Gasteiger partial charge in [-0.1, -0.05) is 31.4 Å². The van der Waals surface area contributed by atoms with Gasteiger partial charge in [0.05, 0.1) is 12.1 Å². The second-order valence-electron chi connectivity index (χ2n) is 4.97. The van der Waals surface area contributed by atoms with Crippen molar-refractivity contribution in [3.05, 3.63) is 35.6 Å². The highest BCUT2D eigenvalue weighted by Crippen LogP contribution is 2.31. The van der Waals surface area contributed by atoms with Crippen molar-refractivity contribution in [2.75, 3.05) is 0 Å². The fraction of sp³-hybridized carbons (Fsp3) is 0.571. The lowest BCUT2D eigenvalue weighted by molar-refractivity contribution is 0.0618. The second-order valence-corrected chi connectivity index (χ2v) is 4.97. The Labute approximate surface area is 102 Å². The maximum atomic E-state index is 12.8. The van der Waals surface area contributed by atoms with E-state index in [0.29, 0.717) is 5.92 Å². The summed E-state index contributed by atoms with van der Waals surface area (Å²) in [6.45, 7) is 0. The molecular formula is C14H20FNO. The van der Waals surface area contributed by atoms with Gasteiger partial charge in [0, 0.05) is 0 Å². The molecule has 0 aliphatic heterocycles. The molecule has 0 heterocycles. The molecule has 3 N–H and O–H groups in total. The summed E-state index contributed by atoms with van der Waals surface area (Å²) in [5.74, 6) is 0.0249. The molecule has 2 rings (SSSR count). The van der Waals surface area contributed by atoms with Crippen LogP contribution in [0.1, 0.15) is 43.7 Å². The minimum atomic E-state index is -0.513. The van der Waals surface area contributed by atoms with Gasteiger partial charge >= 0.3 is 0 Å². The standard InChI is InChI=1S/C14H20FNO/c15-12-8-6-10(7-9-12)13(16)14(17)11-4-2-1-3-5-11/h6-9,11,13-14,17H,1-5,16H2/t13-,14+/m0/s1. The van der Waals surface area contributed by atoms with E-state index in [9.17, 15) is 9.50 Å². The van der Waals surface area contributed by atoms with Crippen LogP contribution in [-0.4, -0.2) is 11.2 Å². The third kappa shape index (κ3) is 3.05. The second kappa shape index (κ2) is 5.61. The first-order valence-electron chi connectivity index (χ1n) is 6.37. The van der Waals surface area contributed by atoms with Crippen LogP contribution in [0.25, 0.3) is 0 Å². The lowest BCUT2D eigenvalue weighted by Gasteiger charge is -2.30. The van der Waals surface area contributed by atoms with Gasteiger partial charge in [-0.2, -0.15) is 0 Å². The van der Waals surface area contributed by atoms with Crippen LogP contribution < -0.4 is 5.73 Å². The third-order valence-corrected chi connectivity index (χ3v) is 3.76. The summed E-state index contributed by atoms with van der Waals surface area (Å²) in [5, 5.41) is 10.2. The Morgan fingerprint density at radius 3 is 2.29 bits per heavy atom. The van der Waals surface area contributed by atoms with Crippen molar-refractivity contribution < 1.29 is 9.50 Å². The summed E-state index contributed by atoms with van der Waals surface area (Å²) < 4.78 is 12.8. The van der Waals surface area contributed by atoms with Gasteiger partial charge in [-0.25, -0.2) is 4.39 Å². The van der Waals surface area contributed by atoms with Gasteiger partial charge in [-0.05, 0) is 36.5 Å². The Morgan fingerprint density at radius 1 is 1.12 bits per heavy atom. The predicted molar refractivity (Wildman–Crippen MR) is 65.9 cm³/mol. The number of benzene rings is 1. The van der Waals surface area contributed by atoms with Crippen LogP contribution in [0.4, 0.5) is 4.39 Å². The number of hydrogen-bond donors (Lipinski definition) is 2. The summed E-state index contributed by atoms with van der Waals surface area (Å²) >= 11 is 0. The molecule has 0 amide bonds. The fourth-order valence-corrected chi connectivity index (χ4v) is 2.65. The van der Waals surface area contributed by atoms with E-state index in [0.717, 1.165) is 18.4 Å². The Bertz CT molecular complexity index is 346. The molecule has 94 valence electrons. The molecule has 0 bridgehead atoms. The molecule has 1 aromatic rings. The van der Waals surface area contributed by atoms with Gasteiger partial charge in [0.15, 0.2) is 0 Å². The van der Waals surface area contributed by atoms with Gasteiger partial charge in [0.1, 0.15) is 5.82 Å². The quantitative estimate of drug-likeness (QED) is 0.849. The minimum absolute atomic E-state index is 0.270. The number of aliphatic hydroxyl groups excluding tert-OH is 1. The number of aliphatic hydroxyl groups is 1. The van der Waals surface area contributed by atoms with E-state index in [1.54, 1.807) is 12.1 Å². The van der Waals surface area contributed by atoms with Crippen molar-refractivity contribution >= 4 is 0 Å². The van der Waals surface area contributed by atoms with Crippen LogP contribution in [0.5, 0.6) is 0 Å². The van der Waals surface area contributed by atoms with Crippen LogP contribution >= 0.6 is 0 Å². The largest absolute Gasteiger partial charge is 0.391 e. The smallest absolute Gasteiger partial charge is 0.123 e. The molecule has 0 unspecified atom stereocenters. The van der Waals surface area contributed by atoms with E-state index >= 15 is 0 Å².